The second-order valence-electron chi connectivity index (χ2n) is 8.22. The Hall–Kier alpha value is -1.56. The Labute approximate surface area is 138 Å². The van der Waals surface area contributed by atoms with E-state index in [1.807, 2.05) is 20.8 Å². The van der Waals surface area contributed by atoms with E-state index in [4.69, 9.17) is 4.74 Å². The Morgan fingerprint density at radius 2 is 2.04 bits per heavy atom. The van der Waals surface area contributed by atoms with Crippen molar-refractivity contribution in [3.63, 3.8) is 0 Å². The van der Waals surface area contributed by atoms with Crippen molar-refractivity contribution >= 4 is 11.9 Å². The van der Waals surface area contributed by atoms with E-state index in [-0.39, 0.29) is 0 Å². The zero-order valence-corrected chi connectivity index (χ0v) is 15.0. The molecule has 0 radical (unpaired) electrons. The first-order valence-corrected chi connectivity index (χ1v) is 8.40. The smallest absolute Gasteiger partial charge is 0.413 e. The molecular weight excluding hydrogens is 292 g/mol. The van der Waals surface area contributed by atoms with E-state index in [1.54, 1.807) is 6.20 Å². The lowest BCUT2D eigenvalue weighted by Crippen LogP contribution is -2.35. The maximum absolute atomic E-state index is 11.9. The second kappa shape index (κ2) is 6.91. The van der Waals surface area contributed by atoms with Gasteiger partial charge in [0, 0.05) is 18.2 Å². The molecule has 1 heterocycles. The third kappa shape index (κ3) is 5.86. The number of aromatic amines is 1. The highest BCUT2D eigenvalue weighted by Gasteiger charge is 2.26. The Bertz CT molecular complexity index is 521. The average Bonchev–Trinajstić information content (AvgIpc) is 2.82. The number of anilines is 1. The molecule has 0 atom stereocenters. The molecule has 23 heavy (non-hydrogen) atoms. The number of nitrogens with one attached hydrogen (secondary N) is 3. The van der Waals surface area contributed by atoms with Crippen LogP contribution in [0.2, 0.25) is 0 Å². The van der Waals surface area contributed by atoms with E-state index in [0.717, 1.165) is 5.56 Å². The molecule has 0 bridgehead atoms. The lowest BCUT2D eigenvalue weighted by molar-refractivity contribution is 0.0635. The van der Waals surface area contributed by atoms with Crippen LogP contribution in [-0.2, 0) is 11.3 Å². The number of ether oxygens (including phenoxy) is 1. The fraction of sp³-hybridized carbons (Fsp3) is 0.765. The Morgan fingerprint density at radius 1 is 1.39 bits per heavy atom. The van der Waals surface area contributed by atoms with Crippen LogP contribution in [-0.4, -0.2) is 27.9 Å². The topological polar surface area (TPSA) is 79.0 Å². The van der Waals surface area contributed by atoms with Gasteiger partial charge in [-0.2, -0.15) is 5.10 Å². The normalized spacial score (nSPS) is 18.7. The summed E-state index contributed by atoms with van der Waals surface area (Å²) in [4.78, 5) is 11.9. The summed E-state index contributed by atoms with van der Waals surface area (Å²) < 4.78 is 5.27. The Balaban J connectivity index is 1.83. The third-order valence-corrected chi connectivity index (χ3v) is 4.26. The van der Waals surface area contributed by atoms with E-state index < -0.39 is 11.7 Å². The van der Waals surface area contributed by atoms with Gasteiger partial charge in [-0.3, -0.25) is 10.4 Å². The minimum atomic E-state index is -0.516. The van der Waals surface area contributed by atoms with Gasteiger partial charge in [0.2, 0.25) is 0 Å². The number of nitrogens with zero attached hydrogens (tertiary/aromatic N) is 1. The zero-order valence-electron chi connectivity index (χ0n) is 15.0. The van der Waals surface area contributed by atoms with Crippen molar-refractivity contribution < 1.29 is 9.53 Å². The van der Waals surface area contributed by atoms with Crippen LogP contribution in [0, 0.1) is 5.41 Å². The van der Waals surface area contributed by atoms with Crippen LogP contribution >= 0.6 is 0 Å². The van der Waals surface area contributed by atoms with Crippen molar-refractivity contribution in [1.29, 1.82) is 0 Å². The summed E-state index contributed by atoms with van der Waals surface area (Å²) in [6.45, 7) is 10.9. The molecule has 0 aromatic carbocycles. The predicted octanol–water partition coefficient (Wildman–Crippen LogP) is 3.82. The quantitative estimate of drug-likeness (QED) is 0.787. The molecule has 1 aliphatic carbocycles. The largest absolute Gasteiger partial charge is 0.444 e. The van der Waals surface area contributed by atoms with Crippen LogP contribution in [0.25, 0.3) is 0 Å². The zero-order chi connectivity index (χ0) is 17.1. The molecule has 1 aliphatic rings. The minimum Gasteiger partial charge on any atom is -0.444 e. The number of amides is 1. The first-order chi connectivity index (χ1) is 10.6. The summed E-state index contributed by atoms with van der Waals surface area (Å²) in [6.07, 6.45) is 6.16. The summed E-state index contributed by atoms with van der Waals surface area (Å²) in [5.74, 6) is 0.600. The van der Waals surface area contributed by atoms with E-state index in [9.17, 15) is 4.79 Å². The molecule has 1 saturated carbocycles. The predicted molar refractivity (Wildman–Crippen MR) is 91.3 cm³/mol. The highest BCUT2D eigenvalue weighted by atomic mass is 16.6. The van der Waals surface area contributed by atoms with Crippen molar-refractivity contribution in [2.45, 2.75) is 78.5 Å². The van der Waals surface area contributed by atoms with Gasteiger partial charge in [-0.1, -0.05) is 13.8 Å². The molecule has 6 nitrogen and oxygen atoms in total. The lowest BCUT2D eigenvalue weighted by atomic mass is 9.75. The number of hydrogen-bond donors (Lipinski definition) is 3. The number of carbonyl (C=O) groups is 1. The fourth-order valence-corrected chi connectivity index (χ4v) is 2.82. The number of aromatic nitrogens is 2. The molecule has 1 amide bonds. The van der Waals surface area contributed by atoms with Crippen LogP contribution in [0.5, 0.6) is 0 Å². The van der Waals surface area contributed by atoms with Crippen LogP contribution in [0.1, 0.15) is 65.9 Å². The monoisotopic (exact) mass is 322 g/mol. The first kappa shape index (κ1) is 17.8. The Morgan fingerprint density at radius 3 is 2.65 bits per heavy atom. The highest BCUT2D eigenvalue weighted by molar-refractivity contribution is 5.84. The summed E-state index contributed by atoms with van der Waals surface area (Å²) in [6, 6.07) is 0.535. The third-order valence-electron chi connectivity index (χ3n) is 4.26. The van der Waals surface area contributed by atoms with E-state index in [2.05, 4.69) is 34.7 Å². The fourth-order valence-electron chi connectivity index (χ4n) is 2.82. The van der Waals surface area contributed by atoms with Gasteiger partial charge in [-0.05, 0) is 51.9 Å². The van der Waals surface area contributed by atoms with Gasteiger partial charge in [0.05, 0.1) is 6.20 Å². The van der Waals surface area contributed by atoms with Gasteiger partial charge in [0.1, 0.15) is 11.4 Å². The van der Waals surface area contributed by atoms with Crippen molar-refractivity contribution in [3.8, 4) is 0 Å². The molecular formula is C17H30N4O2. The van der Waals surface area contributed by atoms with Crippen molar-refractivity contribution in [2.24, 2.45) is 5.41 Å². The van der Waals surface area contributed by atoms with Crippen LogP contribution in [0.15, 0.2) is 6.20 Å². The number of carbonyl (C=O) groups excluding carboxylic acids is 1. The summed E-state index contributed by atoms with van der Waals surface area (Å²) in [7, 11) is 0. The lowest BCUT2D eigenvalue weighted by Gasteiger charge is -2.34. The molecule has 130 valence electrons. The Kier molecular flexibility index (Phi) is 5.34. The first-order valence-electron chi connectivity index (χ1n) is 8.40. The number of rotatable bonds is 4. The second-order valence-corrected chi connectivity index (χ2v) is 8.22. The van der Waals surface area contributed by atoms with Crippen molar-refractivity contribution in [3.05, 3.63) is 11.8 Å². The maximum atomic E-state index is 11.9. The molecule has 1 fully saturated rings. The number of hydrogen-bond acceptors (Lipinski definition) is 4. The summed E-state index contributed by atoms with van der Waals surface area (Å²) in [5.41, 5.74) is 0.898. The van der Waals surface area contributed by atoms with Gasteiger partial charge >= 0.3 is 6.09 Å². The molecule has 0 spiro atoms. The maximum Gasteiger partial charge on any atom is 0.413 e. The molecule has 6 heteroatoms. The van der Waals surface area contributed by atoms with Crippen molar-refractivity contribution in [2.75, 3.05) is 5.32 Å². The molecule has 3 N–H and O–H groups in total. The van der Waals surface area contributed by atoms with Gasteiger partial charge in [-0.25, -0.2) is 4.79 Å². The van der Waals surface area contributed by atoms with E-state index >= 15 is 0 Å². The SMILES string of the molecule is CC1(C)CCC(NCc2cn[nH]c2NC(=O)OC(C)(C)C)CC1. The highest BCUT2D eigenvalue weighted by Crippen LogP contribution is 2.35. The molecule has 1 aromatic rings. The van der Waals surface area contributed by atoms with Crippen LogP contribution in [0.3, 0.4) is 0 Å². The van der Waals surface area contributed by atoms with Crippen LogP contribution in [0.4, 0.5) is 10.6 Å². The molecule has 0 saturated heterocycles. The molecule has 0 unspecified atom stereocenters. The standard InChI is InChI=1S/C17H30N4O2/c1-16(2,3)23-15(22)20-14-12(11-19-21-14)10-18-13-6-8-17(4,5)9-7-13/h11,13,18H,6-10H2,1-5H3,(H2,19,20,21,22). The van der Waals surface area contributed by atoms with Gasteiger partial charge in [0.15, 0.2) is 0 Å². The van der Waals surface area contributed by atoms with Gasteiger partial charge in [-0.15, -0.1) is 0 Å². The average molecular weight is 322 g/mol. The molecule has 1 aromatic heterocycles. The minimum absolute atomic E-state index is 0.469. The van der Waals surface area contributed by atoms with Gasteiger partial charge < -0.3 is 10.1 Å². The van der Waals surface area contributed by atoms with E-state index in [0.29, 0.717) is 23.8 Å². The van der Waals surface area contributed by atoms with Crippen molar-refractivity contribution in [1.82, 2.24) is 15.5 Å². The molecule has 0 aliphatic heterocycles. The summed E-state index contributed by atoms with van der Waals surface area (Å²) >= 11 is 0. The summed E-state index contributed by atoms with van der Waals surface area (Å²) in [5, 5.41) is 13.1. The molecule has 2 rings (SSSR count). The van der Waals surface area contributed by atoms with Crippen LogP contribution < -0.4 is 10.6 Å². The van der Waals surface area contributed by atoms with Gasteiger partial charge in [0.25, 0.3) is 0 Å². The van der Waals surface area contributed by atoms with E-state index in [1.165, 1.54) is 25.7 Å². The number of H-pyrrole nitrogens is 1.